The van der Waals surface area contributed by atoms with Crippen LogP contribution >= 0.6 is 0 Å². The number of alkyl halides is 1. The van der Waals surface area contributed by atoms with Crippen molar-refractivity contribution in [3.05, 3.63) is 29.8 Å². The van der Waals surface area contributed by atoms with E-state index in [4.69, 9.17) is 4.74 Å². The molecule has 2 rings (SSSR count). The molecule has 1 aromatic rings. The van der Waals surface area contributed by atoms with Crippen molar-refractivity contribution in [3.8, 4) is 0 Å². The van der Waals surface area contributed by atoms with Crippen molar-refractivity contribution in [1.82, 2.24) is 0 Å². The fraction of sp³-hybridized carbons (Fsp3) is 0.429. The highest BCUT2D eigenvalue weighted by molar-refractivity contribution is 6.20. The van der Waals surface area contributed by atoms with Crippen LogP contribution in [0.1, 0.15) is 33.3 Å². The molecule has 2 amide bonds. The molecule has 0 spiro atoms. The summed E-state index contributed by atoms with van der Waals surface area (Å²) in [5.41, 5.74) is -2.52. The number of carbonyl (C=O) groups excluding carboxylic acids is 2. The Balaban J connectivity index is 2.43. The van der Waals surface area contributed by atoms with E-state index in [0.717, 1.165) is 11.8 Å². The smallest absolute Gasteiger partial charge is 0.421 e. The second kappa shape index (κ2) is 4.05. The van der Waals surface area contributed by atoms with Gasteiger partial charge in [0.1, 0.15) is 5.60 Å². The van der Waals surface area contributed by atoms with Crippen LogP contribution in [0.15, 0.2) is 24.3 Å². The van der Waals surface area contributed by atoms with E-state index in [9.17, 15) is 14.0 Å². The van der Waals surface area contributed by atoms with Crippen LogP contribution in [0.25, 0.3) is 0 Å². The van der Waals surface area contributed by atoms with Crippen LogP contribution in [-0.2, 0) is 15.2 Å². The largest absolute Gasteiger partial charge is 0.443 e. The third-order valence-corrected chi connectivity index (χ3v) is 2.83. The first-order valence-electron chi connectivity index (χ1n) is 6.00. The van der Waals surface area contributed by atoms with Crippen LogP contribution in [0.3, 0.4) is 0 Å². The molecule has 1 heterocycles. The molecule has 1 aromatic carbocycles. The molecule has 102 valence electrons. The molecule has 0 saturated heterocycles. The first kappa shape index (κ1) is 13.5. The zero-order valence-electron chi connectivity index (χ0n) is 11.4. The van der Waals surface area contributed by atoms with Gasteiger partial charge in [-0.05, 0) is 33.8 Å². The lowest BCUT2D eigenvalue weighted by Gasteiger charge is -2.24. The molecule has 0 N–H and O–H groups in total. The van der Waals surface area contributed by atoms with Gasteiger partial charge in [0.25, 0.3) is 5.91 Å². The van der Waals surface area contributed by atoms with E-state index >= 15 is 0 Å². The van der Waals surface area contributed by atoms with Gasteiger partial charge in [-0.25, -0.2) is 14.1 Å². The Hall–Kier alpha value is -1.91. The Morgan fingerprint density at radius 1 is 1.32 bits per heavy atom. The Kier molecular flexibility index (Phi) is 2.88. The minimum atomic E-state index is -2.20. The van der Waals surface area contributed by atoms with Crippen LogP contribution in [0, 0.1) is 0 Å². The number of carbonyl (C=O) groups is 2. The summed E-state index contributed by atoms with van der Waals surface area (Å²) < 4.78 is 19.6. The molecule has 0 bridgehead atoms. The molecule has 0 aliphatic carbocycles. The molecule has 1 aliphatic heterocycles. The monoisotopic (exact) mass is 265 g/mol. The Morgan fingerprint density at radius 3 is 2.47 bits per heavy atom. The Labute approximate surface area is 111 Å². The zero-order chi connectivity index (χ0) is 14.4. The maximum Gasteiger partial charge on any atom is 0.421 e. The lowest BCUT2D eigenvalue weighted by Crippen LogP contribution is -2.42. The van der Waals surface area contributed by atoms with E-state index in [0.29, 0.717) is 0 Å². The molecule has 1 unspecified atom stereocenters. The number of fused-ring (bicyclic) bond motifs is 1. The predicted molar refractivity (Wildman–Crippen MR) is 68.6 cm³/mol. The van der Waals surface area contributed by atoms with Gasteiger partial charge in [0.2, 0.25) is 5.67 Å². The van der Waals surface area contributed by atoms with Crippen molar-refractivity contribution in [1.29, 1.82) is 0 Å². The number of hydrogen-bond donors (Lipinski definition) is 0. The summed E-state index contributed by atoms with van der Waals surface area (Å²) in [6, 6.07) is 6.30. The SMILES string of the molecule is CC(C)(C)OC(=O)N1C(=O)C(C)(F)c2ccccc21. The normalized spacial score (nSPS) is 22.4. The second-order valence-electron chi connectivity index (χ2n) is 5.64. The standard InChI is InChI=1S/C14H16FNO3/c1-13(2,3)19-12(18)16-10-8-6-5-7-9(10)14(4,15)11(16)17/h5-8H,1-4H3. The highest BCUT2D eigenvalue weighted by Gasteiger charge is 2.51. The van der Waals surface area contributed by atoms with Gasteiger partial charge in [0.05, 0.1) is 5.69 Å². The van der Waals surface area contributed by atoms with E-state index in [2.05, 4.69) is 0 Å². The van der Waals surface area contributed by atoms with Crippen molar-refractivity contribution in [2.24, 2.45) is 0 Å². The number of hydrogen-bond acceptors (Lipinski definition) is 3. The maximum atomic E-state index is 14.4. The summed E-state index contributed by atoms with van der Waals surface area (Å²) in [4.78, 5) is 24.9. The number of benzene rings is 1. The molecular weight excluding hydrogens is 249 g/mol. The lowest BCUT2D eigenvalue weighted by molar-refractivity contribution is -0.128. The number of anilines is 1. The molecule has 1 atom stereocenters. The number of halogens is 1. The maximum absolute atomic E-state index is 14.4. The molecule has 19 heavy (non-hydrogen) atoms. The van der Waals surface area contributed by atoms with Gasteiger partial charge < -0.3 is 4.74 Å². The number of nitrogens with zero attached hydrogens (tertiary/aromatic N) is 1. The van der Waals surface area contributed by atoms with Gasteiger partial charge in [-0.3, -0.25) is 4.79 Å². The van der Waals surface area contributed by atoms with Gasteiger partial charge in [-0.15, -0.1) is 0 Å². The first-order valence-corrected chi connectivity index (χ1v) is 6.00. The highest BCUT2D eigenvalue weighted by atomic mass is 19.1. The van der Waals surface area contributed by atoms with E-state index in [1.165, 1.54) is 12.1 Å². The number of imide groups is 1. The van der Waals surface area contributed by atoms with Gasteiger partial charge in [-0.1, -0.05) is 18.2 Å². The molecule has 0 aromatic heterocycles. The molecule has 0 fully saturated rings. The van der Waals surface area contributed by atoms with E-state index in [1.807, 2.05) is 0 Å². The van der Waals surface area contributed by atoms with Gasteiger partial charge >= 0.3 is 6.09 Å². The highest BCUT2D eigenvalue weighted by Crippen LogP contribution is 2.43. The molecular formula is C14H16FNO3. The van der Waals surface area contributed by atoms with E-state index in [-0.39, 0.29) is 11.3 Å². The molecule has 4 nitrogen and oxygen atoms in total. The van der Waals surface area contributed by atoms with Crippen molar-refractivity contribution < 1.29 is 18.7 Å². The zero-order valence-corrected chi connectivity index (χ0v) is 11.4. The fourth-order valence-electron chi connectivity index (χ4n) is 1.99. The Morgan fingerprint density at radius 2 is 1.89 bits per heavy atom. The molecule has 0 radical (unpaired) electrons. The van der Waals surface area contributed by atoms with Crippen molar-refractivity contribution in [2.45, 2.75) is 39.0 Å². The minimum absolute atomic E-state index is 0.186. The molecule has 0 saturated carbocycles. The number of rotatable bonds is 0. The third kappa shape index (κ3) is 2.20. The summed E-state index contributed by atoms with van der Waals surface area (Å²) in [6.07, 6.45) is -0.855. The first-order chi connectivity index (χ1) is 8.64. The van der Waals surface area contributed by atoms with Crippen molar-refractivity contribution in [2.75, 3.05) is 4.90 Å². The Bertz CT molecular complexity index is 546. The minimum Gasteiger partial charge on any atom is -0.443 e. The summed E-state index contributed by atoms with van der Waals surface area (Å²) in [7, 11) is 0. The van der Waals surface area contributed by atoms with Gasteiger partial charge in [0, 0.05) is 5.56 Å². The van der Waals surface area contributed by atoms with E-state index < -0.39 is 23.3 Å². The van der Waals surface area contributed by atoms with E-state index in [1.54, 1.807) is 32.9 Å². The number of ether oxygens (including phenoxy) is 1. The van der Waals surface area contributed by atoms with Crippen molar-refractivity contribution in [3.63, 3.8) is 0 Å². The summed E-state index contributed by atoms with van der Waals surface area (Å²) >= 11 is 0. The third-order valence-electron chi connectivity index (χ3n) is 2.83. The van der Waals surface area contributed by atoms with Gasteiger partial charge in [0.15, 0.2) is 0 Å². The van der Waals surface area contributed by atoms with Crippen molar-refractivity contribution >= 4 is 17.7 Å². The van der Waals surface area contributed by atoms with Crippen LogP contribution < -0.4 is 4.90 Å². The second-order valence-corrected chi connectivity index (χ2v) is 5.64. The topological polar surface area (TPSA) is 46.6 Å². The molecule has 5 heteroatoms. The average Bonchev–Trinajstić information content (AvgIpc) is 2.46. The fourth-order valence-corrected chi connectivity index (χ4v) is 1.99. The number of amides is 2. The summed E-state index contributed by atoms with van der Waals surface area (Å²) in [5.74, 6) is -0.914. The van der Waals surface area contributed by atoms with Crippen LogP contribution in [0.2, 0.25) is 0 Å². The molecule has 1 aliphatic rings. The quantitative estimate of drug-likeness (QED) is 0.724. The van der Waals surface area contributed by atoms with Crippen LogP contribution in [0.5, 0.6) is 0 Å². The summed E-state index contributed by atoms with van der Waals surface area (Å²) in [6.45, 7) is 6.21. The van der Waals surface area contributed by atoms with Gasteiger partial charge in [-0.2, -0.15) is 0 Å². The van der Waals surface area contributed by atoms with Crippen LogP contribution in [0.4, 0.5) is 14.9 Å². The number of para-hydroxylation sites is 1. The lowest BCUT2D eigenvalue weighted by atomic mass is 10.0. The summed E-state index contributed by atoms with van der Waals surface area (Å²) in [5, 5.41) is 0. The predicted octanol–water partition coefficient (Wildman–Crippen LogP) is 3.15. The average molecular weight is 265 g/mol. The van der Waals surface area contributed by atoms with Crippen LogP contribution in [-0.4, -0.2) is 17.6 Å².